The molecule has 0 amide bonds. The molecule has 0 saturated heterocycles. The number of carbonyl (C=O) groups is 2. The Bertz CT molecular complexity index is 730. The number of benzene rings is 1. The lowest BCUT2D eigenvalue weighted by atomic mass is 9.76. The zero-order valence-electron chi connectivity index (χ0n) is 13.1. The Balaban J connectivity index is 2.73. The molecule has 0 atom stereocenters. The molecule has 0 saturated carbocycles. The predicted molar refractivity (Wildman–Crippen MR) is 79.0 cm³/mol. The summed E-state index contributed by atoms with van der Waals surface area (Å²) in [4.78, 5) is 22.8. The number of hydrogen-bond acceptors (Lipinski definition) is 2. The Kier molecular flexibility index (Phi) is 4.57. The zero-order chi connectivity index (χ0) is 18.3. The molecule has 0 aromatic heterocycles. The summed E-state index contributed by atoms with van der Waals surface area (Å²) in [6.45, 7) is 3.93. The second kappa shape index (κ2) is 6.03. The standard InChI is InChI=1S/C17H16F4O3/c1-16(2)7-5-9(6-8-16)12-11(18)4-3-10(17(19,20)21)13(12)14(22)15(23)24/h3-5H,6-8H2,1-2H3,(H,23,24). The van der Waals surface area contributed by atoms with E-state index in [4.69, 9.17) is 5.11 Å². The molecule has 1 aliphatic rings. The maximum Gasteiger partial charge on any atom is 0.417 e. The van der Waals surface area contributed by atoms with Gasteiger partial charge in [0.05, 0.1) is 11.1 Å². The Morgan fingerprint density at radius 2 is 1.83 bits per heavy atom. The van der Waals surface area contributed by atoms with Crippen LogP contribution >= 0.6 is 0 Å². The number of aliphatic carboxylic acids is 1. The number of alkyl halides is 3. The van der Waals surface area contributed by atoms with Gasteiger partial charge >= 0.3 is 12.1 Å². The summed E-state index contributed by atoms with van der Waals surface area (Å²) in [5, 5.41) is 8.86. The van der Waals surface area contributed by atoms with E-state index < -0.39 is 40.4 Å². The third kappa shape index (κ3) is 3.49. The van der Waals surface area contributed by atoms with Gasteiger partial charge in [0.25, 0.3) is 5.78 Å². The Hall–Kier alpha value is -2.18. The average Bonchev–Trinajstić information content (AvgIpc) is 2.45. The summed E-state index contributed by atoms with van der Waals surface area (Å²) in [7, 11) is 0. The van der Waals surface area contributed by atoms with E-state index in [0.717, 1.165) is 0 Å². The van der Waals surface area contributed by atoms with Gasteiger partial charge in [-0.3, -0.25) is 4.79 Å². The van der Waals surface area contributed by atoms with E-state index in [-0.39, 0.29) is 17.4 Å². The highest BCUT2D eigenvalue weighted by Gasteiger charge is 2.40. The van der Waals surface area contributed by atoms with Crippen molar-refractivity contribution in [1.82, 2.24) is 0 Å². The first-order valence-electron chi connectivity index (χ1n) is 7.31. The molecule has 0 fully saturated rings. The number of carboxylic acids is 1. The third-order valence-corrected chi connectivity index (χ3v) is 4.17. The fourth-order valence-electron chi connectivity index (χ4n) is 2.77. The third-order valence-electron chi connectivity index (χ3n) is 4.17. The van der Waals surface area contributed by atoms with Crippen LogP contribution in [0.2, 0.25) is 0 Å². The van der Waals surface area contributed by atoms with Gasteiger partial charge in [-0.2, -0.15) is 13.2 Å². The van der Waals surface area contributed by atoms with Crippen molar-refractivity contribution in [3.63, 3.8) is 0 Å². The van der Waals surface area contributed by atoms with Crippen molar-refractivity contribution in [3.05, 3.63) is 40.7 Å². The number of halogens is 4. The molecule has 0 aliphatic heterocycles. The van der Waals surface area contributed by atoms with Crippen molar-refractivity contribution >= 4 is 17.3 Å². The minimum absolute atomic E-state index is 0.0847. The van der Waals surface area contributed by atoms with Gasteiger partial charge in [-0.1, -0.05) is 19.9 Å². The fraction of sp³-hybridized carbons (Fsp3) is 0.412. The lowest BCUT2D eigenvalue weighted by molar-refractivity contribution is -0.138. The first kappa shape index (κ1) is 18.2. The lowest BCUT2D eigenvalue weighted by Gasteiger charge is -2.29. The van der Waals surface area contributed by atoms with Crippen LogP contribution in [-0.4, -0.2) is 16.9 Å². The quantitative estimate of drug-likeness (QED) is 0.491. The molecule has 24 heavy (non-hydrogen) atoms. The van der Waals surface area contributed by atoms with E-state index in [0.29, 0.717) is 25.0 Å². The molecule has 0 bridgehead atoms. The number of carboxylic acid groups (broad SMARTS) is 1. The summed E-state index contributed by atoms with van der Waals surface area (Å²) >= 11 is 0. The monoisotopic (exact) mass is 344 g/mol. The van der Waals surface area contributed by atoms with Crippen LogP contribution in [0.25, 0.3) is 5.57 Å². The summed E-state index contributed by atoms with van der Waals surface area (Å²) in [6, 6.07) is 1.03. The van der Waals surface area contributed by atoms with Crippen molar-refractivity contribution in [2.45, 2.75) is 39.3 Å². The molecule has 7 heteroatoms. The van der Waals surface area contributed by atoms with Crippen LogP contribution in [0.4, 0.5) is 17.6 Å². The van der Waals surface area contributed by atoms with Gasteiger partial charge in [0.1, 0.15) is 5.82 Å². The summed E-state index contributed by atoms with van der Waals surface area (Å²) < 4.78 is 53.8. The molecule has 0 spiro atoms. The zero-order valence-corrected chi connectivity index (χ0v) is 13.1. The molecule has 1 aliphatic carbocycles. The number of ketones is 1. The molecular weight excluding hydrogens is 328 g/mol. The highest BCUT2D eigenvalue weighted by Crippen LogP contribution is 2.42. The molecule has 130 valence electrons. The Morgan fingerprint density at radius 1 is 1.21 bits per heavy atom. The summed E-state index contributed by atoms with van der Waals surface area (Å²) in [5.74, 6) is -4.84. The van der Waals surface area contributed by atoms with Crippen molar-refractivity contribution < 1.29 is 32.3 Å². The predicted octanol–water partition coefficient (Wildman–Crippen LogP) is 4.71. The van der Waals surface area contributed by atoms with Crippen molar-refractivity contribution in [2.24, 2.45) is 5.41 Å². The van der Waals surface area contributed by atoms with Crippen LogP contribution in [-0.2, 0) is 11.0 Å². The minimum Gasteiger partial charge on any atom is -0.475 e. The smallest absolute Gasteiger partial charge is 0.417 e. The van der Waals surface area contributed by atoms with E-state index in [9.17, 15) is 27.2 Å². The van der Waals surface area contributed by atoms with Gasteiger partial charge in [-0.05, 0) is 42.4 Å². The lowest BCUT2D eigenvalue weighted by Crippen LogP contribution is -2.23. The van der Waals surface area contributed by atoms with Gasteiger partial charge in [-0.15, -0.1) is 0 Å². The highest BCUT2D eigenvalue weighted by molar-refractivity contribution is 6.41. The van der Waals surface area contributed by atoms with Crippen molar-refractivity contribution in [3.8, 4) is 0 Å². The van der Waals surface area contributed by atoms with E-state index in [2.05, 4.69) is 0 Å². The number of Topliss-reactive ketones (excluding diaryl/α,β-unsaturated/α-hetero) is 1. The van der Waals surface area contributed by atoms with Gasteiger partial charge in [0.2, 0.25) is 0 Å². The van der Waals surface area contributed by atoms with E-state index >= 15 is 0 Å². The van der Waals surface area contributed by atoms with Gasteiger partial charge in [0, 0.05) is 5.56 Å². The van der Waals surface area contributed by atoms with Crippen molar-refractivity contribution in [2.75, 3.05) is 0 Å². The maximum absolute atomic E-state index is 14.3. The minimum atomic E-state index is -4.96. The summed E-state index contributed by atoms with van der Waals surface area (Å²) in [5.41, 5.74) is -2.95. The number of rotatable bonds is 3. The summed E-state index contributed by atoms with van der Waals surface area (Å²) in [6.07, 6.45) is -2.02. The van der Waals surface area contributed by atoms with Crippen LogP contribution in [0.3, 0.4) is 0 Å². The molecular formula is C17H16F4O3. The Morgan fingerprint density at radius 3 is 2.29 bits per heavy atom. The molecule has 0 unspecified atom stereocenters. The van der Waals surface area contributed by atoms with Crippen molar-refractivity contribution in [1.29, 1.82) is 0 Å². The first-order valence-corrected chi connectivity index (χ1v) is 7.31. The topological polar surface area (TPSA) is 54.4 Å². The van der Waals surface area contributed by atoms with Crippen LogP contribution in [0, 0.1) is 11.2 Å². The van der Waals surface area contributed by atoms with Crippen LogP contribution < -0.4 is 0 Å². The maximum atomic E-state index is 14.3. The van der Waals surface area contributed by atoms with Crippen LogP contribution in [0.5, 0.6) is 0 Å². The van der Waals surface area contributed by atoms with Gasteiger partial charge in [-0.25, -0.2) is 9.18 Å². The largest absolute Gasteiger partial charge is 0.475 e. The molecule has 1 N–H and O–H groups in total. The molecule has 0 heterocycles. The molecule has 1 aromatic rings. The number of allylic oxidation sites excluding steroid dienone is 2. The molecule has 0 radical (unpaired) electrons. The SMILES string of the molecule is CC1(C)CC=C(c2c(F)ccc(C(F)(F)F)c2C(=O)C(=O)O)CC1. The average molecular weight is 344 g/mol. The van der Waals surface area contributed by atoms with E-state index in [1.165, 1.54) is 0 Å². The second-order valence-corrected chi connectivity index (χ2v) is 6.57. The number of hydrogen-bond donors (Lipinski definition) is 1. The fourth-order valence-corrected chi connectivity index (χ4v) is 2.77. The van der Waals surface area contributed by atoms with E-state index in [1.807, 2.05) is 13.8 Å². The van der Waals surface area contributed by atoms with Gasteiger partial charge < -0.3 is 5.11 Å². The normalized spacial score (nSPS) is 17.3. The first-order chi connectivity index (χ1) is 10.9. The Labute approximate surface area is 136 Å². The van der Waals surface area contributed by atoms with Gasteiger partial charge in [0.15, 0.2) is 0 Å². The molecule has 1 aromatic carbocycles. The van der Waals surface area contributed by atoms with Crippen LogP contribution in [0.15, 0.2) is 18.2 Å². The van der Waals surface area contributed by atoms with Crippen LogP contribution in [0.1, 0.15) is 54.6 Å². The molecule has 2 rings (SSSR count). The highest BCUT2D eigenvalue weighted by atomic mass is 19.4. The van der Waals surface area contributed by atoms with E-state index in [1.54, 1.807) is 6.08 Å². The number of carbonyl (C=O) groups excluding carboxylic acids is 1. The second-order valence-electron chi connectivity index (χ2n) is 6.57. The molecule has 3 nitrogen and oxygen atoms in total.